The number of hydrogen-bond donors (Lipinski definition) is 1. The van der Waals surface area contributed by atoms with E-state index < -0.39 is 0 Å². The van der Waals surface area contributed by atoms with Gasteiger partial charge in [-0.25, -0.2) is 0 Å². The highest BCUT2D eigenvalue weighted by Gasteiger charge is 2.32. The van der Waals surface area contributed by atoms with Crippen LogP contribution in [0.4, 0.5) is 0 Å². The lowest BCUT2D eigenvalue weighted by Gasteiger charge is -2.18. The topological polar surface area (TPSA) is 68.4 Å². The van der Waals surface area contributed by atoms with Crippen LogP contribution in [0.25, 0.3) is 0 Å². The van der Waals surface area contributed by atoms with Gasteiger partial charge in [-0.1, -0.05) is 12.1 Å². The van der Waals surface area contributed by atoms with Gasteiger partial charge in [0.25, 0.3) is 0 Å². The van der Waals surface area contributed by atoms with Gasteiger partial charge in [-0.3, -0.25) is 9.59 Å². The molecule has 1 N–H and O–H groups in total. The van der Waals surface area contributed by atoms with E-state index in [1.54, 1.807) is 19.9 Å². The third-order valence-corrected chi connectivity index (χ3v) is 4.48. The SMILES string of the molecule is CC(=O)c1c(C)[nH]c(C(=O)COc2cccc3c2OC(C)(C)C3)c1C. The van der Waals surface area contributed by atoms with Gasteiger partial charge in [0.2, 0.25) is 5.78 Å². The fourth-order valence-corrected chi connectivity index (χ4v) is 3.47. The van der Waals surface area contributed by atoms with Crippen molar-refractivity contribution in [3.05, 3.63) is 46.3 Å². The van der Waals surface area contributed by atoms with Crippen molar-refractivity contribution >= 4 is 11.6 Å². The summed E-state index contributed by atoms with van der Waals surface area (Å²) in [6.45, 7) is 9.01. The molecule has 2 heterocycles. The number of ketones is 2. The summed E-state index contributed by atoms with van der Waals surface area (Å²) in [4.78, 5) is 27.3. The monoisotopic (exact) mass is 341 g/mol. The number of nitrogens with one attached hydrogen (secondary N) is 1. The third-order valence-electron chi connectivity index (χ3n) is 4.48. The molecule has 132 valence electrons. The standard InChI is InChI=1S/C20H23NO4/c1-11-17(13(3)22)12(2)21-18(11)15(23)10-24-16-8-6-7-14-9-20(4,5)25-19(14)16/h6-8,21H,9-10H2,1-5H3. The van der Waals surface area contributed by atoms with E-state index in [0.717, 1.165) is 12.0 Å². The zero-order chi connectivity index (χ0) is 18.4. The third kappa shape index (κ3) is 3.18. The average Bonchev–Trinajstić information content (AvgIpc) is 2.99. The number of benzene rings is 1. The number of rotatable bonds is 5. The molecular formula is C20H23NO4. The van der Waals surface area contributed by atoms with Crippen LogP contribution >= 0.6 is 0 Å². The van der Waals surface area contributed by atoms with E-state index >= 15 is 0 Å². The molecule has 25 heavy (non-hydrogen) atoms. The first-order valence-corrected chi connectivity index (χ1v) is 8.36. The Morgan fingerprint density at radius 2 is 2.00 bits per heavy atom. The number of aromatic nitrogens is 1. The maximum atomic E-state index is 12.5. The maximum Gasteiger partial charge on any atom is 0.216 e. The minimum Gasteiger partial charge on any atom is -0.483 e. The van der Waals surface area contributed by atoms with Gasteiger partial charge in [-0.2, -0.15) is 0 Å². The summed E-state index contributed by atoms with van der Waals surface area (Å²) in [5.74, 6) is 1.04. The second-order valence-corrected chi connectivity index (χ2v) is 7.18. The lowest BCUT2D eigenvalue weighted by molar-refractivity contribution is 0.0907. The molecule has 0 unspecified atom stereocenters. The van der Waals surface area contributed by atoms with E-state index in [-0.39, 0.29) is 23.8 Å². The Hall–Kier alpha value is -2.56. The van der Waals surface area contributed by atoms with Crippen LogP contribution in [0.15, 0.2) is 18.2 Å². The van der Waals surface area contributed by atoms with E-state index in [1.165, 1.54) is 6.92 Å². The number of carbonyl (C=O) groups excluding carboxylic acids is 2. The molecular weight excluding hydrogens is 318 g/mol. The minimum atomic E-state index is -0.269. The van der Waals surface area contributed by atoms with Crippen LogP contribution in [-0.4, -0.2) is 28.8 Å². The minimum absolute atomic E-state index is 0.0530. The zero-order valence-corrected chi connectivity index (χ0v) is 15.3. The zero-order valence-electron chi connectivity index (χ0n) is 15.3. The van der Waals surface area contributed by atoms with Crippen molar-refractivity contribution in [3.8, 4) is 11.5 Å². The van der Waals surface area contributed by atoms with E-state index in [0.29, 0.717) is 34.0 Å². The average molecular weight is 341 g/mol. The van der Waals surface area contributed by atoms with Gasteiger partial charge in [0.1, 0.15) is 5.60 Å². The molecule has 1 aromatic carbocycles. The second kappa shape index (κ2) is 6.06. The number of carbonyl (C=O) groups is 2. The number of H-pyrrole nitrogens is 1. The number of hydrogen-bond acceptors (Lipinski definition) is 4. The lowest BCUT2D eigenvalue weighted by Crippen LogP contribution is -2.24. The van der Waals surface area contributed by atoms with E-state index in [9.17, 15) is 9.59 Å². The molecule has 1 aliphatic rings. The molecule has 0 radical (unpaired) electrons. The van der Waals surface area contributed by atoms with Crippen LogP contribution in [0.3, 0.4) is 0 Å². The summed E-state index contributed by atoms with van der Waals surface area (Å²) in [6.07, 6.45) is 0.810. The molecule has 0 atom stereocenters. The molecule has 2 aromatic rings. The number of ether oxygens (including phenoxy) is 2. The fraction of sp³-hybridized carbons (Fsp3) is 0.400. The highest BCUT2D eigenvalue weighted by Crippen LogP contribution is 2.41. The molecule has 5 heteroatoms. The highest BCUT2D eigenvalue weighted by atomic mass is 16.5. The van der Waals surface area contributed by atoms with Crippen molar-refractivity contribution in [2.24, 2.45) is 0 Å². The van der Waals surface area contributed by atoms with Crippen molar-refractivity contribution in [2.75, 3.05) is 6.61 Å². The predicted molar refractivity (Wildman–Crippen MR) is 94.9 cm³/mol. The Bertz CT molecular complexity index is 861. The first-order chi connectivity index (χ1) is 11.7. The summed E-state index contributed by atoms with van der Waals surface area (Å²) in [6, 6.07) is 5.72. The van der Waals surface area contributed by atoms with Crippen molar-refractivity contribution in [1.29, 1.82) is 0 Å². The van der Waals surface area contributed by atoms with Gasteiger partial charge in [0, 0.05) is 23.2 Å². The number of aryl methyl sites for hydroxylation is 1. The van der Waals surface area contributed by atoms with E-state index in [1.807, 2.05) is 26.0 Å². The van der Waals surface area contributed by atoms with Crippen LogP contribution in [-0.2, 0) is 6.42 Å². The van der Waals surface area contributed by atoms with Gasteiger partial charge in [0.15, 0.2) is 23.9 Å². The maximum absolute atomic E-state index is 12.5. The molecule has 3 rings (SSSR count). The molecule has 0 fully saturated rings. The molecule has 1 aliphatic heterocycles. The van der Waals surface area contributed by atoms with Gasteiger partial charge in [0.05, 0.1) is 5.69 Å². The van der Waals surface area contributed by atoms with Crippen molar-refractivity contribution < 1.29 is 19.1 Å². The molecule has 1 aromatic heterocycles. The van der Waals surface area contributed by atoms with Crippen molar-refractivity contribution in [1.82, 2.24) is 4.98 Å². The first-order valence-electron chi connectivity index (χ1n) is 8.36. The van der Waals surface area contributed by atoms with Gasteiger partial charge < -0.3 is 14.5 Å². The smallest absolute Gasteiger partial charge is 0.216 e. The van der Waals surface area contributed by atoms with Crippen LogP contribution in [0.5, 0.6) is 11.5 Å². The summed E-state index contributed by atoms with van der Waals surface area (Å²) in [7, 11) is 0. The van der Waals surface area contributed by atoms with Gasteiger partial charge in [-0.15, -0.1) is 0 Å². The van der Waals surface area contributed by atoms with Crippen LogP contribution in [0, 0.1) is 13.8 Å². The first kappa shape index (κ1) is 17.3. The Morgan fingerprint density at radius 3 is 2.64 bits per heavy atom. The second-order valence-electron chi connectivity index (χ2n) is 7.18. The molecule has 0 spiro atoms. The summed E-state index contributed by atoms with van der Waals surface area (Å²) >= 11 is 0. The normalized spacial score (nSPS) is 14.8. The fourth-order valence-electron chi connectivity index (χ4n) is 3.47. The lowest BCUT2D eigenvalue weighted by atomic mass is 10.0. The largest absolute Gasteiger partial charge is 0.483 e. The van der Waals surface area contributed by atoms with Crippen LogP contribution in [0.1, 0.15) is 58.4 Å². The van der Waals surface area contributed by atoms with Gasteiger partial charge >= 0.3 is 0 Å². The van der Waals surface area contributed by atoms with Crippen LogP contribution in [0.2, 0.25) is 0 Å². The quantitative estimate of drug-likeness (QED) is 0.840. The van der Waals surface area contributed by atoms with E-state index in [4.69, 9.17) is 9.47 Å². The molecule has 0 aliphatic carbocycles. The number of para-hydroxylation sites is 1. The van der Waals surface area contributed by atoms with Gasteiger partial charge in [-0.05, 0) is 46.2 Å². The Kier molecular flexibility index (Phi) is 4.19. The van der Waals surface area contributed by atoms with Crippen molar-refractivity contribution in [3.63, 3.8) is 0 Å². The molecule has 0 saturated heterocycles. The predicted octanol–water partition coefficient (Wildman–Crippen LogP) is 3.81. The van der Waals surface area contributed by atoms with E-state index in [2.05, 4.69) is 4.98 Å². The van der Waals surface area contributed by atoms with Crippen molar-refractivity contribution in [2.45, 2.75) is 46.6 Å². The summed E-state index contributed by atoms with van der Waals surface area (Å²) in [5.41, 5.74) is 3.20. The molecule has 0 bridgehead atoms. The number of Topliss-reactive ketones (excluding diaryl/α,β-unsaturated/α-hetero) is 2. The Balaban J connectivity index is 1.78. The highest BCUT2D eigenvalue weighted by molar-refractivity contribution is 6.03. The summed E-state index contributed by atoms with van der Waals surface area (Å²) < 4.78 is 11.7. The molecule has 5 nitrogen and oxygen atoms in total. The summed E-state index contributed by atoms with van der Waals surface area (Å²) in [5, 5.41) is 0. The molecule has 0 amide bonds. The molecule has 0 saturated carbocycles. The Labute approximate surface area is 147 Å². The van der Waals surface area contributed by atoms with Crippen LogP contribution < -0.4 is 9.47 Å². The Morgan fingerprint density at radius 1 is 1.28 bits per heavy atom. The number of fused-ring (bicyclic) bond motifs is 1. The number of aromatic amines is 1.